The van der Waals surface area contributed by atoms with E-state index in [9.17, 15) is 0 Å². The summed E-state index contributed by atoms with van der Waals surface area (Å²) in [7, 11) is 0. The molecule has 1 radical (unpaired) electrons. The van der Waals surface area contributed by atoms with Gasteiger partial charge in [0.1, 0.15) is 5.58 Å². The molecule has 3 heterocycles. The number of fused-ring (bicyclic) bond motifs is 3. The predicted octanol–water partition coefficient (Wildman–Crippen LogP) is 13.0. The second-order valence-corrected chi connectivity index (χ2v) is 13.5. The third-order valence-electron chi connectivity index (χ3n) is 9.67. The second-order valence-electron chi connectivity index (χ2n) is 13.5. The second kappa shape index (κ2) is 16.0. The molecule has 0 aliphatic rings. The summed E-state index contributed by atoms with van der Waals surface area (Å²) >= 11 is 0. The van der Waals surface area contributed by atoms with Crippen LogP contribution in [0, 0.1) is 19.0 Å². The van der Waals surface area contributed by atoms with Crippen LogP contribution >= 0.6 is 0 Å². The van der Waals surface area contributed by atoms with Crippen molar-refractivity contribution in [2.75, 3.05) is 0 Å². The van der Waals surface area contributed by atoms with E-state index in [0.717, 1.165) is 55.5 Å². The minimum Gasteiger partial charge on any atom is -0.500 e. The van der Waals surface area contributed by atoms with Gasteiger partial charge in [0.15, 0.2) is 0 Å². The molecule has 6 aromatic carbocycles. The first-order valence-corrected chi connectivity index (χ1v) is 17.6. The number of aromatic nitrogens is 2. The Kier molecular flexibility index (Phi) is 9.68. The number of hydrogen-bond donors (Lipinski definition) is 0. The number of nitrogens with zero attached hydrogens (tertiary/aromatic N) is 2. The van der Waals surface area contributed by atoms with Crippen molar-refractivity contribution >= 4 is 21.9 Å². The summed E-state index contributed by atoms with van der Waals surface area (Å²) in [5.74, 6) is 0. The maximum absolute atomic E-state index is 8.18. The monoisotopic (exact) mass is 878 g/mol. The Hall–Kier alpha value is -5.93. The molecule has 0 bridgehead atoms. The first kappa shape index (κ1) is 32.7. The van der Waals surface area contributed by atoms with E-state index in [4.69, 9.17) is 8.53 Å². The average Bonchev–Trinajstić information content (AvgIpc) is 3.62. The summed E-state index contributed by atoms with van der Waals surface area (Å²) < 4.78 is 31.0. The topological polar surface area (TPSA) is 38.9 Å². The summed E-state index contributed by atoms with van der Waals surface area (Å²) in [5.41, 5.74) is 11.3. The molecule has 0 unspecified atom stereocenters. The van der Waals surface area contributed by atoms with Crippen molar-refractivity contribution in [3.63, 3.8) is 0 Å². The van der Waals surface area contributed by atoms with Crippen LogP contribution in [0.25, 0.3) is 66.7 Å². The van der Waals surface area contributed by atoms with Gasteiger partial charge in [-0.2, -0.15) is 0 Å². The van der Waals surface area contributed by atoms with Crippen molar-refractivity contribution in [3.05, 3.63) is 205 Å². The zero-order valence-corrected chi connectivity index (χ0v) is 32.3. The van der Waals surface area contributed by atoms with Gasteiger partial charge in [-0.25, -0.2) is 0 Å². The maximum atomic E-state index is 8.18. The molecule has 0 saturated carbocycles. The fourth-order valence-electron chi connectivity index (χ4n) is 6.78. The Morgan fingerprint density at radius 3 is 1.91 bits per heavy atom. The number of pyridine rings is 2. The molecule has 0 spiro atoms. The molecule has 3 aromatic heterocycles. The third-order valence-corrected chi connectivity index (χ3v) is 9.67. The predicted molar refractivity (Wildman–Crippen MR) is 218 cm³/mol. The van der Waals surface area contributed by atoms with E-state index in [2.05, 4.69) is 84.5 Å². The molecular weight excluding hydrogens is 837 g/mol. The summed E-state index contributed by atoms with van der Waals surface area (Å²) in [6.07, 6.45) is 3.61. The van der Waals surface area contributed by atoms with E-state index in [1.807, 2.05) is 103 Å². The van der Waals surface area contributed by atoms with E-state index in [-0.39, 0.29) is 20.1 Å². The number of aryl methyl sites for hydroxylation is 1. The van der Waals surface area contributed by atoms with Gasteiger partial charge in [0.2, 0.25) is 0 Å². The fraction of sp³-hybridized carbons (Fsp3) is 0.0800. The normalized spacial score (nSPS) is 12.1. The third kappa shape index (κ3) is 7.59. The van der Waals surface area contributed by atoms with E-state index in [0.29, 0.717) is 16.7 Å². The number of furan rings is 1. The first-order valence-electron chi connectivity index (χ1n) is 19.1. The van der Waals surface area contributed by atoms with Crippen LogP contribution in [-0.2, 0) is 25.5 Å². The Bertz CT molecular complexity index is 2700. The zero-order chi connectivity index (χ0) is 38.7. The maximum Gasteiger partial charge on any atom is 0.125 e. The van der Waals surface area contributed by atoms with Crippen molar-refractivity contribution in [2.24, 2.45) is 0 Å². The van der Waals surface area contributed by atoms with Gasteiger partial charge in [-0.3, -0.25) is 0 Å². The van der Waals surface area contributed by atoms with Crippen LogP contribution < -0.4 is 0 Å². The van der Waals surface area contributed by atoms with Gasteiger partial charge in [0.25, 0.3) is 0 Å². The molecule has 0 aliphatic carbocycles. The standard InChI is InChI=1S/C33H26NO.C17H12N.Ir/c1-22-18-28-27-20-25(30-21-24(16-17-34-30)23-10-6-4-7-11-23)14-15-31(27)35-32(28)29(19-22)33(2,3)26-12-8-5-9-13-26;1-2-7-14(8-3-1)15-9-6-10-16(13-15)17-11-4-5-12-18-17;/h4-13,15-21H,1-3H3;1-9,11-13H;/q2*-1;/i1D3;;. The van der Waals surface area contributed by atoms with Crippen molar-refractivity contribution in [1.29, 1.82) is 0 Å². The van der Waals surface area contributed by atoms with E-state index < -0.39 is 12.3 Å². The molecule has 0 atom stereocenters. The minimum absolute atomic E-state index is 0. The fourth-order valence-corrected chi connectivity index (χ4v) is 6.78. The van der Waals surface area contributed by atoms with Crippen LogP contribution in [0.1, 0.15) is 34.7 Å². The van der Waals surface area contributed by atoms with Crippen LogP contribution in [0.4, 0.5) is 0 Å². The molecule has 0 aliphatic heterocycles. The van der Waals surface area contributed by atoms with E-state index in [1.54, 1.807) is 24.5 Å². The van der Waals surface area contributed by atoms with Crippen molar-refractivity contribution < 1.29 is 28.6 Å². The quantitative estimate of drug-likeness (QED) is 0.156. The van der Waals surface area contributed by atoms with Crippen LogP contribution in [0.3, 0.4) is 0 Å². The molecule has 4 heteroatoms. The first-order chi connectivity index (χ1) is 27.1. The molecule has 265 valence electrons. The van der Waals surface area contributed by atoms with Crippen LogP contribution in [-0.4, -0.2) is 9.97 Å². The Labute approximate surface area is 335 Å². The van der Waals surface area contributed by atoms with Gasteiger partial charge >= 0.3 is 0 Å². The zero-order valence-electron chi connectivity index (χ0n) is 32.9. The molecule has 0 fully saturated rings. The minimum atomic E-state index is -2.26. The van der Waals surface area contributed by atoms with Gasteiger partial charge in [0.05, 0.1) is 5.58 Å². The summed E-state index contributed by atoms with van der Waals surface area (Å²) in [4.78, 5) is 8.96. The number of benzene rings is 6. The average molecular weight is 878 g/mol. The summed E-state index contributed by atoms with van der Waals surface area (Å²) in [6, 6.07) is 60.6. The number of hydrogen-bond acceptors (Lipinski definition) is 3. The van der Waals surface area contributed by atoms with Crippen LogP contribution in [0.5, 0.6) is 0 Å². The Morgan fingerprint density at radius 2 is 1.22 bits per heavy atom. The van der Waals surface area contributed by atoms with Crippen LogP contribution in [0.15, 0.2) is 181 Å². The Morgan fingerprint density at radius 1 is 0.574 bits per heavy atom. The molecule has 0 N–H and O–H groups in total. The van der Waals surface area contributed by atoms with Crippen molar-refractivity contribution in [1.82, 2.24) is 9.97 Å². The summed E-state index contributed by atoms with van der Waals surface area (Å²) in [6.45, 7) is 1.95. The smallest absolute Gasteiger partial charge is 0.125 e. The van der Waals surface area contributed by atoms with Gasteiger partial charge in [-0.1, -0.05) is 134 Å². The SMILES string of the molecule is [2H]C([2H])([2H])c1cc(C(C)(C)c2ccccc2)c2oc3c[c-]c(-c4cc(-c5ccccc5)ccn4)cc3c2c1.[Ir].[c-]1ccc(-c2ccccc2)cc1-c1ccccn1. The van der Waals surface area contributed by atoms with Crippen LogP contribution in [0.2, 0.25) is 0 Å². The van der Waals surface area contributed by atoms with Gasteiger partial charge in [-0.05, 0) is 64.3 Å². The van der Waals surface area contributed by atoms with Gasteiger partial charge in [0, 0.05) is 53.0 Å². The summed E-state index contributed by atoms with van der Waals surface area (Å²) in [5, 5.41) is 1.62. The van der Waals surface area contributed by atoms with E-state index >= 15 is 0 Å². The van der Waals surface area contributed by atoms with Crippen molar-refractivity contribution in [3.8, 4) is 44.8 Å². The van der Waals surface area contributed by atoms with Gasteiger partial charge in [-0.15, -0.1) is 59.2 Å². The molecule has 9 aromatic rings. The largest absolute Gasteiger partial charge is 0.500 e. The van der Waals surface area contributed by atoms with Gasteiger partial charge < -0.3 is 14.4 Å². The molecule has 0 saturated heterocycles. The van der Waals surface area contributed by atoms with E-state index in [1.165, 1.54) is 11.1 Å². The van der Waals surface area contributed by atoms with Crippen molar-refractivity contribution in [2.45, 2.75) is 26.1 Å². The molecule has 0 amide bonds. The molecule has 9 rings (SSSR count). The Balaban J connectivity index is 0.000000219. The number of rotatable bonds is 6. The molecule has 3 nitrogen and oxygen atoms in total. The molecule has 54 heavy (non-hydrogen) atoms. The molecular formula is C50H38IrN2O-2.